The zero-order chi connectivity index (χ0) is 16.2. The number of nitrogens with one attached hydrogen (secondary N) is 1. The summed E-state index contributed by atoms with van der Waals surface area (Å²) >= 11 is 9.30. The van der Waals surface area contributed by atoms with Crippen LogP contribution in [-0.4, -0.2) is 42.3 Å². The molecule has 2 aliphatic heterocycles. The van der Waals surface area contributed by atoms with Gasteiger partial charge in [0.1, 0.15) is 11.3 Å². The van der Waals surface area contributed by atoms with Crippen LogP contribution in [0.2, 0.25) is 5.02 Å². The van der Waals surface area contributed by atoms with Gasteiger partial charge in [-0.05, 0) is 41.4 Å². The lowest BCUT2D eigenvalue weighted by Gasteiger charge is -2.39. The van der Waals surface area contributed by atoms with Crippen molar-refractivity contribution in [3.05, 3.63) is 21.4 Å². The minimum atomic E-state index is -0.495. The highest BCUT2D eigenvalue weighted by molar-refractivity contribution is 9.10. The van der Waals surface area contributed by atoms with Crippen LogP contribution in [0.4, 0.5) is 10.2 Å². The number of anilines is 1. The zero-order valence-corrected chi connectivity index (χ0v) is 14.8. The van der Waals surface area contributed by atoms with E-state index in [9.17, 15) is 4.39 Å². The molecular formula is C15H15BrClFN4O. The molecule has 0 radical (unpaired) electrons. The van der Waals surface area contributed by atoms with Crippen LogP contribution in [0.25, 0.3) is 10.9 Å². The fourth-order valence-electron chi connectivity index (χ4n) is 3.35. The Balaban J connectivity index is 1.88. The Morgan fingerprint density at radius 1 is 1.43 bits per heavy atom. The number of aromatic nitrogens is 2. The summed E-state index contributed by atoms with van der Waals surface area (Å²) in [5.74, 6) is 0.177. The number of rotatable bonds is 2. The molecule has 8 heteroatoms. The van der Waals surface area contributed by atoms with Crippen molar-refractivity contribution < 1.29 is 9.13 Å². The molecule has 0 amide bonds. The van der Waals surface area contributed by atoms with Gasteiger partial charge in [0.2, 0.25) is 0 Å². The summed E-state index contributed by atoms with van der Waals surface area (Å²) in [7, 11) is 1.48. The fraction of sp³-hybridized carbons (Fsp3) is 0.467. The first kappa shape index (κ1) is 15.4. The van der Waals surface area contributed by atoms with Crippen LogP contribution in [0.3, 0.4) is 0 Å². The summed E-state index contributed by atoms with van der Waals surface area (Å²) in [5.41, 5.74) is 0.382. The second-order valence-corrected chi connectivity index (χ2v) is 7.25. The highest BCUT2D eigenvalue weighted by Gasteiger charge is 2.43. The van der Waals surface area contributed by atoms with Crippen LogP contribution >= 0.6 is 27.5 Å². The van der Waals surface area contributed by atoms with E-state index in [2.05, 4.69) is 36.1 Å². The van der Waals surface area contributed by atoms with Gasteiger partial charge in [-0.2, -0.15) is 9.97 Å². The van der Waals surface area contributed by atoms with E-state index in [0.29, 0.717) is 16.2 Å². The van der Waals surface area contributed by atoms with E-state index in [0.717, 1.165) is 32.5 Å². The molecule has 3 heterocycles. The molecule has 1 unspecified atom stereocenters. The maximum Gasteiger partial charge on any atom is 0.318 e. The number of halogens is 3. The zero-order valence-electron chi connectivity index (χ0n) is 12.5. The van der Waals surface area contributed by atoms with Gasteiger partial charge in [-0.25, -0.2) is 4.39 Å². The first-order valence-electron chi connectivity index (χ1n) is 7.42. The van der Waals surface area contributed by atoms with E-state index in [1.807, 2.05) is 0 Å². The number of methoxy groups -OCH3 is 1. The van der Waals surface area contributed by atoms with Gasteiger partial charge >= 0.3 is 6.01 Å². The molecule has 23 heavy (non-hydrogen) atoms. The molecule has 5 nitrogen and oxygen atoms in total. The van der Waals surface area contributed by atoms with E-state index in [4.69, 9.17) is 16.3 Å². The van der Waals surface area contributed by atoms with E-state index in [1.54, 1.807) is 6.07 Å². The van der Waals surface area contributed by atoms with Gasteiger partial charge in [0.15, 0.2) is 5.82 Å². The van der Waals surface area contributed by atoms with Crippen molar-refractivity contribution in [1.82, 2.24) is 15.3 Å². The Labute approximate surface area is 146 Å². The molecule has 1 aromatic carbocycles. The number of benzene rings is 1. The largest absolute Gasteiger partial charge is 0.467 e. The van der Waals surface area contributed by atoms with E-state index in [-0.39, 0.29) is 21.5 Å². The molecule has 2 fully saturated rings. The lowest BCUT2D eigenvalue weighted by molar-refractivity contribution is 0.235. The lowest BCUT2D eigenvalue weighted by Crippen LogP contribution is -2.58. The normalized spacial score (nSPS) is 23.6. The Hall–Kier alpha value is -1.18. The molecule has 0 aliphatic carbocycles. The highest BCUT2D eigenvalue weighted by Crippen LogP contribution is 2.39. The topological polar surface area (TPSA) is 50.3 Å². The van der Waals surface area contributed by atoms with Gasteiger partial charge in [-0.15, -0.1) is 0 Å². The third-order valence-corrected chi connectivity index (χ3v) is 6.03. The van der Waals surface area contributed by atoms with Gasteiger partial charge in [0, 0.05) is 24.0 Å². The van der Waals surface area contributed by atoms with Crippen molar-refractivity contribution in [3.63, 3.8) is 0 Å². The maximum atomic E-state index is 14.6. The molecule has 1 spiro atoms. The maximum absolute atomic E-state index is 14.6. The van der Waals surface area contributed by atoms with Gasteiger partial charge in [0.05, 0.1) is 16.6 Å². The third-order valence-electron chi connectivity index (χ3n) is 4.73. The standard InChI is InChI=1S/C15H15BrClFN4O/c1-23-14-20-12-8(6-9(17)10(16)11(12)18)13(21-14)22-5-3-15(7-22)2-4-19-15/h6,19H,2-5,7H2,1H3. The van der Waals surface area contributed by atoms with Crippen LogP contribution in [0.15, 0.2) is 10.5 Å². The second kappa shape index (κ2) is 5.43. The van der Waals surface area contributed by atoms with Crippen LogP contribution in [0, 0.1) is 5.82 Å². The van der Waals surface area contributed by atoms with Crippen LogP contribution in [0.1, 0.15) is 12.8 Å². The molecule has 2 aliphatic rings. The third kappa shape index (κ3) is 2.37. The van der Waals surface area contributed by atoms with Crippen LogP contribution < -0.4 is 15.0 Å². The average Bonchev–Trinajstić information content (AvgIpc) is 2.98. The first-order valence-corrected chi connectivity index (χ1v) is 8.59. The van der Waals surface area contributed by atoms with Crippen molar-refractivity contribution in [2.75, 3.05) is 31.6 Å². The smallest absolute Gasteiger partial charge is 0.318 e. The number of nitrogens with zero attached hydrogens (tertiary/aromatic N) is 3. The van der Waals surface area contributed by atoms with Crippen molar-refractivity contribution in [2.45, 2.75) is 18.4 Å². The lowest BCUT2D eigenvalue weighted by atomic mass is 9.87. The van der Waals surface area contributed by atoms with E-state index in [1.165, 1.54) is 7.11 Å². The monoisotopic (exact) mass is 400 g/mol. The minimum Gasteiger partial charge on any atom is -0.467 e. The van der Waals surface area contributed by atoms with Gasteiger partial charge in [-0.1, -0.05) is 11.6 Å². The molecule has 1 N–H and O–H groups in total. The number of hydrogen-bond acceptors (Lipinski definition) is 5. The van der Waals surface area contributed by atoms with Crippen molar-refractivity contribution in [2.24, 2.45) is 0 Å². The average molecular weight is 402 g/mol. The second-order valence-electron chi connectivity index (χ2n) is 6.05. The summed E-state index contributed by atoms with van der Waals surface area (Å²) < 4.78 is 19.9. The van der Waals surface area contributed by atoms with Crippen molar-refractivity contribution in [1.29, 1.82) is 0 Å². The molecule has 1 aromatic heterocycles. The number of ether oxygens (including phenoxy) is 1. The highest BCUT2D eigenvalue weighted by atomic mass is 79.9. The Bertz CT molecular complexity index is 799. The van der Waals surface area contributed by atoms with Crippen molar-refractivity contribution >= 4 is 44.3 Å². The van der Waals surface area contributed by atoms with Crippen LogP contribution in [-0.2, 0) is 0 Å². The molecule has 4 rings (SSSR count). The summed E-state index contributed by atoms with van der Waals surface area (Å²) in [4.78, 5) is 10.8. The Kier molecular flexibility index (Phi) is 3.62. The first-order chi connectivity index (χ1) is 11.0. The van der Waals surface area contributed by atoms with Gasteiger partial charge in [-0.3, -0.25) is 0 Å². The molecule has 122 valence electrons. The molecule has 2 aromatic rings. The Morgan fingerprint density at radius 2 is 2.22 bits per heavy atom. The molecule has 0 saturated carbocycles. The van der Waals surface area contributed by atoms with E-state index < -0.39 is 5.82 Å². The SMILES string of the molecule is COc1nc(N2CCC3(CCN3)C2)c2cc(Cl)c(Br)c(F)c2n1. The minimum absolute atomic E-state index is 0.156. The quantitative estimate of drug-likeness (QED) is 0.784. The number of fused-ring (bicyclic) bond motifs is 1. The fourth-order valence-corrected chi connectivity index (χ4v) is 3.84. The summed E-state index contributed by atoms with van der Waals surface area (Å²) in [6, 6.07) is 1.86. The van der Waals surface area contributed by atoms with Crippen LogP contribution in [0.5, 0.6) is 6.01 Å². The summed E-state index contributed by atoms with van der Waals surface area (Å²) in [5, 5.41) is 4.42. The Morgan fingerprint density at radius 3 is 2.83 bits per heavy atom. The van der Waals surface area contributed by atoms with E-state index >= 15 is 0 Å². The van der Waals surface area contributed by atoms with Gasteiger partial charge < -0.3 is 15.0 Å². The molecule has 0 bridgehead atoms. The van der Waals surface area contributed by atoms with Crippen molar-refractivity contribution in [3.8, 4) is 6.01 Å². The predicted octanol–water partition coefficient (Wildman–Crippen LogP) is 3.14. The number of hydrogen-bond donors (Lipinski definition) is 1. The molecular weight excluding hydrogens is 387 g/mol. The van der Waals surface area contributed by atoms with Gasteiger partial charge in [0.25, 0.3) is 0 Å². The molecule has 2 saturated heterocycles. The predicted molar refractivity (Wildman–Crippen MR) is 90.9 cm³/mol. The molecule has 1 atom stereocenters. The summed E-state index contributed by atoms with van der Waals surface area (Å²) in [6.07, 6.45) is 2.21. The summed E-state index contributed by atoms with van der Waals surface area (Å²) in [6.45, 7) is 2.75.